The quantitative estimate of drug-likeness (QED) is 0.212. The van der Waals surface area contributed by atoms with Crippen LogP contribution in [0.2, 0.25) is 5.02 Å². The molecule has 1 fully saturated rings. The number of hydrogen-bond donors (Lipinski definition) is 3. The summed E-state index contributed by atoms with van der Waals surface area (Å²) in [5.74, 6) is 4.17. The standard InChI is InChI=1S/C22H27N3O3.C12H9ClN2O/c1-13(2)7-16(23)12-27-17-5-6-18-19-9-21(25-22(26)14-3-4-14)24-10-15(19)11-28-20(18)8-17;13-8-1-2-9-10-4-12(14)15-5-7(10)6-16-11(9)3-8/h5-6,8-10,13-14,16H,3-4,7,11-12,23H2,1-2H3,(H,24,25,26);1-5H,6H2,(H2,14,15)/t16-;/m0./s1. The lowest BCUT2D eigenvalue weighted by molar-refractivity contribution is -0.117. The van der Waals surface area contributed by atoms with Crippen molar-refractivity contribution in [2.75, 3.05) is 17.7 Å². The molecule has 7 rings (SSSR count). The van der Waals surface area contributed by atoms with Crippen molar-refractivity contribution < 1.29 is 19.0 Å². The molecule has 44 heavy (non-hydrogen) atoms. The Balaban J connectivity index is 0.000000181. The number of ether oxygens (including phenoxy) is 3. The van der Waals surface area contributed by atoms with Crippen LogP contribution in [0.3, 0.4) is 0 Å². The molecule has 0 radical (unpaired) electrons. The van der Waals surface area contributed by atoms with Crippen molar-refractivity contribution in [1.82, 2.24) is 9.97 Å². The van der Waals surface area contributed by atoms with Gasteiger partial charge in [-0.05, 0) is 78.8 Å². The Bertz CT molecular complexity index is 1690. The summed E-state index contributed by atoms with van der Waals surface area (Å²) in [4.78, 5) is 20.4. The maximum absolute atomic E-state index is 12.0. The lowest BCUT2D eigenvalue weighted by Gasteiger charge is -2.22. The number of rotatable bonds is 7. The Morgan fingerprint density at radius 3 is 2.32 bits per heavy atom. The fourth-order valence-corrected chi connectivity index (χ4v) is 5.48. The van der Waals surface area contributed by atoms with E-state index in [1.807, 2.05) is 48.5 Å². The van der Waals surface area contributed by atoms with Crippen LogP contribution >= 0.6 is 11.6 Å². The van der Waals surface area contributed by atoms with Gasteiger partial charge in [0.25, 0.3) is 0 Å². The number of nitrogens with two attached hydrogens (primary N) is 2. The van der Waals surface area contributed by atoms with Crippen molar-refractivity contribution >= 4 is 29.1 Å². The molecule has 4 aromatic rings. The summed E-state index contributed by atoms with van der Waals surface area (Å²) >= 11 is 5.92. The number of amides is 1. The number of nitrogen functional groups attached to an aromatic ring is 1. The highest BCUT2D eigenvalue weighted by molar-refractivity contribution is 6.30. The zero-order valence-corrected chi connectivity index (χ0v) is 25.6. The van der Waals surface area contributed by atoms with Gasteiger partial charge >= 0.3 is 0 Å². The van der Waals surface area contributed by atoms with Crippen molar-refractivity contribution in [3.8, 4) is 39.5 Å². The first kappa shape index (κ1) is 29.7. The van der Waals surface area contributed by atoms with Gasteiger partial charge < -0.3 is 31.0 Å². The molecule has 3 aliphatic rings. The molecule has 0 unspecified atom stereocenters. The van der Waals surface area contributed by atoms with Crippen LogP contribution in [0.25, 0.3) is 22.3 Å². The summed E-state index contributed by atoms with van der Waals surface area (Å²) in [6.45, 7) is 5.74. The van der Waals surface area contributed by atoms with E-state index in [1.54, 1.807) is 12.4 Å². The van der Waals surface area contributed by atoms with Gasteiger partial charge in [0.15, 0.2) is 0 Å². The first-order valence-electron chi connectivity index (χ1n) is 14.9. The molecular weight excluding hydrogens is 578 g/mol. The zero-order chi connectivity index (χ0) is 30.8. The van der Waals surface area contributed by atoms with Crippen LogP contribution in [-0.2, 0) is 18.0 Å². The second kappa shape index (κ2) is 12.7. The van der Waals surface area contributed by atoms with Crippen LogP contribution in [0, 0.1) is 11.8 Å². The van der Waals surface area contributed by atoms with Gasteiger partial charge in [-0.1, -0.05) is 25.4 Å². The number of halogens is 1. The van der Waals surface area contributed by atoms with Gasteiger partial charge in [0.1, 0.15) is 48.7 Å². The molecule has 1 saturated carbocycles. The van der Waals surface area contributed by atoms with E-state index in [4.69, 9.17) is 37.3 Å². The average molecular weight is 614 g/mol. The predicted octanol–water partition coefficient (Wildman–Crippen LogP) is 6.62. The monoisotopic (exact) mass is 613 g/mol. The van der Waals surface area contributed by atoms with E-state index >= 15 is 0 Å². The molecular formula is C34H36ClN5O4. The molecule has 2 aromatic heterocycles. The SMILES string of the molecule is CC(C)C[C@H](N)COc1ccc2c(c1)OCc1cnc(NC(=O)C3CC3)cc1-2.Nc1cc2c(cn1)COc1cc(Cl)ccc1-2. The molecule has 1 aliphatic carbocycles. The van der Waals surface area contributed by atoms with Gasteiger partial charge in [-0.3, -0.25) is 4.79 Å². The van der Waals surface area contributed by atoms with Crippen molar-refractivity contribution in [3.63, 3.8) is 0 Å². The fourth-order valence-electron chi connectivity index (χ4n) is 5.32. The van der Waals surface area contributed by atoms with Gasteiger partial charge in [0.05, 0.1) is 0 Å². The van der Waals surface area contributed by atoms with Gasteiger partial charge in [-0.25, -0.2) is 9.97 Å². The molecule has 9 nitrogen and oxygen atoms in total. The Hall–Kier alpha value is -4.34. The van der Waals surface area contributed by atoms with Gasteiger partial charge in [0, 0.05) is 57.7 Å². The van der Waals surface area contributed by atoms with E-state index in [0.29, 0.717) is 42.4 Å². The second-order valence-electron chi connectivity index (χ2n) is 11.8. The van der Waals surface area contributed by atoms with Crippen LogP contribution < -0.4 is 31.0 Å². The number of carbonyl (C=O) groups is 1. The molecule has 1 amide bonds. The lowest BCUT2D eigenvalue weighted by atomic mass is 9.98. The van der Waals surface area contributed by atoms with Crippen LogP contribution in [0.4, 0.5) is 11.6 Å². The predicted molar refractivity (Wildman–Crippen MR) is 172 cm³/mol. The summed E-state index contributed by atoms with van der Waals surface area (Å²) in [5, 5.41) is 3.59. The van der Waals surface area contributed by atoms with Crippen molar-refractivity contribution in [1.29, 1.82) is 0 Å². The van der Waals surface area contributed by atoms with Crippen molar-refractivity contribution in [3.05, 3.63) is 77.1 Å². The number of hydrogen-bond acceptors (Lipinski definition) is 8. The molecule has 4 heterocycles. The van der Waals surface area contributed by atoms with E-state index in [9.17, 15) is 4.79 Å². The van der Waals surface area contributed by atoms with Gasteiger partial charge in [-0.15, -0.1) is 0 Å². The third kappa shape index (κ3) is 6.90. The topological polar surface area (TPSA) is 135 Å². The van der Waals surface area contributed by atoms with E-state index in [-0.39, 0.29) is 17.9 Å². The van der Waals surface area contributed by atoms with E-state index in [1.165, 1.54) is 0 Å². The largest absolute Gasteiger partial charge is 0.492 e. The van der Waals surface area contributed by atoms with E-state index < -0.39 is 0 Å². The first-order chi connectivity index (χ1) is 21.2. The summed E-state index contributed by atoms with van der Waals surface area (Å²) < 4.78 is 17.4. The highest BCUT2D eigenvalue weighted by Gasteiger charge is 2.30. The average Bonchev–Trinajstić information content (AvgIpc) is 3.86. The third-order valence-electron chi connectivity index (χ3n) is 7.68. The fraction of sp³-hybridized carbons (Fsp3) is 0.324. The summed E-state index contributed by atoms with van der Waals surface area (Å²) in [5.41, 5.74) is 17.9. The highest BCUT2D eigenvalue weighted by Crippen LogP contribution is 2.41. The van der Waals surface area contributed by atoms with Crippen molar-refractivity contribution in [2.45, 2.75) is 52.4 Å². The third-order valence-corrected chi connectivity index (χ3v) is 7.91. The number of benzene rings is 2. The molecule has 0 bridgehead atoms. The number of pyridine rings is 2. The number of nitrogens with zero attached hydrogens (tertiary/aromatic N) is 2. The van der Waals surface area contributed by atoms with Gasteiger partial charge in [0.2, 0.25) is 5.91 Å². The van der Waals surface area contributed by atoms with E-state index in [0.717, 1.165) is 69.9 Å². The Labute approximate surface area is 261 Å². The van der Waals surface area contributed by atoms with E-state index in [2.05, 4.69) is 29.1 Å². The minimum atomic E-state index is 0.0152. The minimum absolute atomic E-state index is 0.0152. The molecule has 5 N–H and O–H groups in total. The number of fused-ring (bicyclic) bond motifs is 6. The molecule has 1 atom stereocenters. The number of aromatic nitrogens is 2. The van der Waals surface area contributed by atoms with Crippen LogP contribution in [0.1, 0.15) is 44.2 Å². The molecule has 0 saturated heterocycles. The molecule has 0 spiro atoms. The smallest absolute Gasteiger partial charge is 0.228 e. The number of anilines is 2. The van der Waals surface area contributed by atoms with Crippen LogP contribution in [0.15, 0.2) is 60.9 Å². The summed E-state index contributed by atoms with van der Waals surface area (Å²) in [6, 6.07) is 15.2. The molecule has 10 heteroatoms. The minimum Gasteiger partial charge on any atom is -0.492 e. The zero-order valence-electron chi connectivity index (χ0n) is 24.8. The Morgan fingerprint density at radius 2 is 1.61 bits per heavy atom. The number of carbonyl (C=O) groups excluding carboxylic acids is 1. The summed E-state index contributed by atoms with van der Waals surface area (Å²) in [7, 11) is 0. The molecule has 2 aromatic carbocycles. The van der Waals surface area contributed by atoms with Crippen LogP contribution in [-0.4, -0.2) is 28.5 Å². The Morgan fingerprint density at radius 1 is 0.955 bits per heavy atom. The van der Waals surface area contributed by atoms with Crippen LogP contribution in [0.5, 0.6) is 17.2 Å². The Kier molecular flexibility index (Phi) is 8.59. The van der Waals surface area contributed by atoms with Crippen molar-refractivity contribution in [2.24, 2.45) is 17.6 Å². The normalized spacial score (nSPS) is 14.8. The number of nitrogens with one attached hydrogen (secondary N) is 1. The second-order valence-corrected chi connectivity index (χ2v) is 12.3. The molecule has 2 aliphatic heterocycles. The summed E-state index contributed by atoms with van der Waals surface area (Å²) in [6.07, 6.45) is 6.39. The highest BCUT2D eigenvalue weighted by atomic mass is 35.5. The first-order valence-corrected chi connectivity index (χ1v) is 15.2. The maximum atomic E-state index is 12.0. The van der Waals surface area contributed by atoms with Gasteiger partial charge in [-0.2, -0.15) is 0 Å². The maximum Gasteiger partial charge on any atom is 0.228 e. The molecule has 228 valence electrons. The lowest BCUT2D eigenvalue weighted by Crippen LogP contribution is -2.29.